The van der Waals surface area contributed by atoms with E-state index in [1.165, 1.54) is 24.9 Å². The van der Waals surface area contributed by atoms with Gasteiger partial charge in [0.15, 0.2) is 12.3 Å². The first-order valence-corrected chi connectivity index (χ1v) is 13.8. The van der Waals surface area contributed by atoms with E-state index in [1.807, 2.05) is 18.2 Å². The molecule has 0 spiro atoms. The summed E-state index contributed by atoms with van der Waals surface area (Å²) in [5, 5.41) is 18.6. The zero-order valence-corrected chi connectivity index (χ0v) is 22.9. The van der Waals surface area contributed by atoms with E-state index in [9.17, 15) is 24.8 Å². The summed E-state index contributed by atoms with van der Waals surface area (Å²) in [6.07, 6.45) is 14.0. The van der Waals surface area contributed by atoms with E-state index >= 15 is 0 Å². The van der Waals surface area contributed by atoms with Gasteiger partial charge in [-0.1, -0.05) is 74.8 Å². The zero-order valence-electron chi connectivity index (χ0n) is 22.1. The fourth-order valence-corrected chi connectivity index (χ4v) is 5.59. The second-order valence-corrected chi connectivity index (χ2v) is 10.2. The molecule has 0 amide bonds. The Morgan fingerprint density at radius 2 is 1.88 bits per heavy atom. The van der Waals surface area contributed by atoms with Gasteiger partial charge in [0.1, 0.15) is 10.7 Å². The maximum atomic E-state index is 12.9. The maximum absolute atomic E-state index is 12.9. The number of unbranched alkanes of at least 4 members (excludes halogenated alkanes) is 3. The number of para-hydroxylation sites is 1. The van der Waals surface area contributed by atoms with Crippen LogP contribution in [-0.2, 0) is 21.1 Å². The fraction of sp³-hybridized carbons (Fsp3) is 0.226. The molecule has 0 fully saturated rings. The van der Waals surface area contributed by atoms with Crippen molar-refractivity contribution in [2.45, 2.75) is 39.3 Å². The largest absolute Gasteiger partial charge is 0.477 e. The molecule has 4 rings (SSSR count). The average Bonchev–Trinajstić information content (AvgIpc) is 3.16. The Bertz CT molecular complexity index is 1690. The van der Waals surface area contributed by atoms with E-state index in [1.54, 1.807) is 18.2 Å². The molecule has 2 aromatic carbocycles. The summed E-state index contributed by atoms with van der Waals surface area (Å²) in [5.74, 6) is -1.47. The number of aromatic nitrogens is 1. The van der Waals surface area contributed by atoms with Crippen LogP contribution in [0.25, 0.3) is 29.9 Å². The smallest absolute Gasteiger partial charge is 0.349 e. The molecule has 8 nitrogen and oxygen atoms in total. The first kappa shape index (κ1) is 28.3. The topological polar surface area (TPSA) is 113 Å². The van der Waals surface area contributed by atoms with Crippen LogP contribution in [0.5, 0.6) is 0 Å². The van der Waals surface area contributed by atoms with Gasteiger partial charge >= 0.3 is 5.97 Å². The highest BCUT2D eigenvalue weighted by Gasteiger charge is 2.18. The van der Waals surface area contributed by atoms with Crippen molar-refractivity contribution < 1.29 is 19.4 Å². The van der Waals surface area contributed by atoms with Crippen LogP contribution in [0.15, 0.2) is 53.3 Å². The minimum atomic E-state index is -1.47. The molecule has 1 aliphatic rings. The number of fused-ring (bicyclic) bond motifs is 2. The minimum Gasteiger partial charge on any atom is -0.477 e. The predicted octanol–water partition coefficient (Wildman–Crippen LogP) is 4.50. The van der Waals surface area contributed by atoms with Crippen molar-refractivity contribution in [1.29, 1.82) is 5.26 Å². The van der Waals surface area contributed by atoms with Crippen molar-refractivity contribution in [2.24, 2.45) is 0 Å². The first-order chi connectivity index (χ1) is 19.5. The molecule has 0 saturated carbocycles. The summed E-state index contributed by atoms with van der Waals surface area (Å²) in [4.78, 5) is 37.4. The third-order valence-electron chi connectivity index (χ3n) is 6.50. The van der Waals surface area contributed by atoms with Crippen molar-refractivity contribution in [1.82, 2.24) is 4.57 Å². The van der Waals surface area contributed by atoms with Crippen LogP contribution in [0.4, 0.5) is 11.4 Å². The Hall–Kier alpha value is -4.68. The average molecular weight is 556 g/mol. The molecule has 3 aromatic rings. The molecule has 0 unspecified atom stereocenters. The molecule has 9 heteroatoms. The highest BCUT2D eigenvalue weighted by molar-refractivity contribution is 7.07. The summed E-state index contributed by atoms with van der Waals surface area (Å²) in [7, 11) is 0. The van der Waals surface area contributed by atoms with Crippen LogP contribution in [-0.4, -0.2) is 28.7 Å². The number of carbonyl (C=O) groups is 2. The van der Waals surface area contributed by atoms with Gasteiger partial charge in [-0.05, 0) is 47.4 Å². The van der Waals surface area contributed by atoms with Crippen LogP contribution in [0, 0.1) is 11.3 Å². The van der Waals surface area contributed by atoms with E-state index in [2.05, 4.69) is 59.0 Å². The van der Waals surface area contributed by atoms with E-state index in [-0.39, 0.29) is 15.7 Å². The lowest BCUT2D eigenvalue weighted by molar-refractivity contribution is -0.132. The number of hydrogen-bond acceptors (Lipinski definition) is 7. The number of thiazole rings is 1. The maximum Gasteiger partial charge on any atom is 0.349 e. The number of ether oxygens (including phenoxy) is 1. The molecule has 1 aromatic heterocycles. The molecule has 204 valence electrons. The standard InChI is InChI=1S/C31H29N3O5S/c1-2-3-4-7-17-33-26-11-6-5-10-23(26)14-15-24-18-22(13-16-27(24)33)9-8-12-28-29(36)34(20-39-21-35)30(40-28)25(19-32)31(37)38/h5-6,8-16,18,21H,2-4,7,17,20H2,1H3,(H,37,38)/b9-8+,28-12+,30-25+. The minimum absolute atomic E-state index is 0.0877. The summed E-state index contributed by atoms with van der Waals surface area (Å²) in [6, 6.07) is 16.2. The van der Waals surface area contributed by atoms with Crippen molar-refractivity contribution in [2.75, 3.05) is 11.4 Å². The van der Waals surface area contributed by atoms with E-state index in [0.29, 0.717) is 0 Å². The van der Waals surface area contributed by atoms with E-state index in [4.69, 9.17) is 0 Å². The molecule has 0 atom stereocenters. The Morgan fingerprint density at radius 1 is 1.10 bits per heavy atom. The molecule has 2 heterocycles. The number of carboxylic acids is 1. The lowest BCUT2D eigenvalue weighted by Gasteiger charge is -2.27. The van der Waals surface area contributed by atoms with Crippen molar-refractivity contribution in [3.8, 4) is 6.07 Å². The molecule has 40 heavy (non-hydrogen) atoms. The van der Waals surface area contributed by atoms with Gasteiger partial charge in [-0.15, -0.1) is 11.3 Å². The van der Waals surface area contributed by atoms with Gasteiger partial charge in [-0.25, -0.2) is 4.79 Å². The van der Waals surface area contributed by atoms with Crippen molar-refractivity contribution >= 4 is 65.0 Å². The Balaban J connectivity index is 1.69. The number of nitrogens with zero attached hydrogens (tertiary/aromatic N) is 3. The van der Waals surface area contributed by atoms with Crippen LogP contribution in [0.2, 0.25) is 0 Å². The SMILES string of the molecule is CCCCCCN1c2ccccc2C=Cc2cc(/C=C/C=c3/s/c(=C(\C#N)C(=O)O)n(COC=O)c3=O)ccc21. The molecule has 1 N–H and O–H groups in total. The molecule has 1 aliphatic heterocycles. The van der Waals surface area contributed by atoms with Gasteiger partial charge in [0, 0.05) is 17.9 Å². The van der Waals surface area contributed by atoms with Crippen LogP contribution in [0.1, 0.15) is 49.3 Å². The summed E-state index contributed by atoms with van der Waals surface area (Å²) in [5.41, 5.74) is 4.33. The molecule has 0 bridgehead atoms. The van der Waals surface area contributed by atoms with Gasteiger partial charge in [0.2, 0.25) is 0 Å². The highest BCUT2D eigenvalue weighted by Crippen LogP contribution is 2.37. The summed E-state index contributed by atoms with van der Waals surface area (Å²) < 4.78 is 5.75. The summed E-state index contributed by atoms with van der Waals surface area (Å²) >= 11 is 0.852. The van der Waals surface area contributed by atoms with Gasteiger partial charge in [-0.3, -0.25) is 14.2 Å². The number of hydrogen-bond donors (Lipinski definition) is 1. The monoisotopic (exact) mass is 555 g/mol. The Labute approximate surface area is 235 Å². The molecule has 0 saturated heterocycles. The highest BCUT2D eigenvalue weighted by atomic mass is 32.1. The van der Waals surface area contributed by atoms with E-state index in [0.717, 1.165) is 51.2 Å². The van der Waals surface area contributed by atoms with Gasteiger partial charge < -0.3 is 14.7 Å². The number of carbonyl (C=O) groups excluding carboxylic acids is 1. The number of rotatable bonds is 11. The van der Waals surface area contributed by atoms with Crippen LogP contribution < -0.4 is 19.7 Å². The van der Waals surface area contributed by atoms with Crippen molar-refractivity contribution in [3.63, 3.8) is 0 Å². The number of benzene rings is 2. The molecule has 0 radical (unpaired) electrons. The Morgan fingerprint density at radius 3 is 2.62 bits per heavy atom. The lowest BCUT2D eigenvalue weighted by atomic mass is 10.1. The number of carboxylic acid groups (broad SMARTS) is 1. The fourth-order valence-electron chi connectivity index (χ4n) is 4.55. The van der Waals surface area contributed by atoms with Crippen LogP contribution in [0.3, 0.4) is 0 Å². The summed E-state index contributed by atoms with van der Waals surface area (Å²) in [6.45, 7) is 2.80. The second-order valence-electron chi connectivity index (χ2n) is 9.14. The van der Waals surface area contributed by atoms with Gasteiger partial charge in [0.25, 0.3) is 12.0 Å². The third kappa shape index (κ3) is 6.30. The first-order valence-electron chi connectivity index (χ1n) is 13.0. The van der Waals surface area contributed by atoms with Gasteiger partial charge in [0.05, 0.1) is 4.53 Å². The molecule has 0 aliphatic carbocycles. The molecular formula is C31H29N3O5S. The number of nitriles is 1. The zero-order chi connectivity index (χ0) is 28.5. The molecular weight excluding hydrogens is 526 g/mol. The quantitative estimate of drug-likeness (QED) is 0.274. The van der Waals surface area contributed by atoms with Gasteiger partial charge in [-0.2, -0.15) is 5.26 Å². The van der Waals surface area contributed by atoms with Crippen molar-refractivity contribution in [3.05, 3.63) is 84.8 Å². The number of allylic oxidation sites excluding steroid dienone is 1. The predicted molar refractivity (Wildman–Crippen MR) is 158 cm³/mol. The Kier molecular flexibility index (Phi) is 9.49. The second kappa shape index (κ2) is 13.4. The number of aliphatic carboxylic acids is 1. The van der Waals surface area contributed by atoms with Crippen LogP contribution >= 0.6 is 11.3 Å². The lowest BCUT2D eigenvalue weighted by Crippen LogP contribution is -2.33. The number of anilines is 2. The van der Waals surface area contributed by atoms with E-state index < -0.39 is 23.8 Å². The third-order valence-corrected chi connectivity index (χ3v) is 7.65. The normalized spacial score (nSPS) is 13.4.